The van der Waals surface area contributed by atoms with Crippen molar-refractivity contribution in [3.8, 4) is 0 Å². The van der Waals surface area contributed by atoms with Crippen LogP contribution >= 0.6 is 0 Å². The van der Waals surface area contributed by atoms with Gasteiger partial charge in [0.25, 0.3) is 0 Å². The van der Waals surface area contributed by atoms with E-state index in [0.29, 0.717) is 11.6 Å². The minimum absolute atomic E-state index is 0.158. The highest BCUT2D eigenvalue weighted by Crippen LogP contribution is 2.32. The molecule has 2 fully saturated rings. The summed E-state index contributed by atoms with van der Waals surface area (Å²) in [6.07, 6.45) is 11.9. The van der Waals surface area contributed by atoms with Crippen LogP contribution < -0.4 is 10.6 Å². The number of carbonyl (C=O) groups excluding carboxylic acids is 2. The Bertz CT molecular complexity index is 556. The lowest BCUT2D eigenvalue weighted by atomic mass is 9.84. The molecule has 2 aliphatic rings. The molecule has 2 amide bonds. The fourth-order valence-corrected chi connectivity index (χ4v) is 3.96. The number of amides is 2. The number of benzene rings is 1. The Balaban J connectivity index is 1.51. The van der Waals surface area contributed by atoms with Gasteiger partial charge in [0.15, 0.2) is 0 Å². The molecular formula is C20H28N2O2. The smallest absolute Gasteiger partial charge is 0.313 e. The average Bonchev–Trinajstić information content (AvgIpc) is 2.64. The van der Waals surface area contributed by atoms with Crippen LogP contribution in [-0.4, -0.2) is 17.9 Å². The first-order valence-corrected chi connectivity index (χ1v) is 9.44. The summed E-state index contributed by atoms with van der Waals surface area (Å²) in [4.78, 5) is 24.1. The van der Waals surface area contributed by atoms with E-state index in [1.165, 1.54) is 44.1 Å². The van der Waals surface area contributed by atoms with Gasteiger partial charge in [-0.15, -0.1) is 0 Å². The molecular weight excluding hydrogens is 300 g/mol. The van der Waals surface area contributed by atoms with Crippen LogP contribution in [0.15, 0.2) is 24.3 Å². The van der Waals surface area contributed by atoms with E-state index >= 15 is 0 Å². The van der Waals surface area contributed by atoms with Crippen molar-refractivity contribution in [1.82, 2.24) is 5.32 Å². The Morgan fingerprint density at radius 1 is 0.750 bits per heavy atom. The van der Waals surface area contributed by atoms with Crippen molar-refractivity contribution in [2.45, 2.75) is 76.2 Å². The zero-order valence-corrected chi connectivity index (χ0v) is 14.4. The molecule has 0 radical (unpaired) electrons. The molecule has 2 saturated carbocycles. The fraction of sp³-hybridized carbons (Fsp3) is 0.600. The van der Waals surface area contributed by atoms with Crippen LogP contribution in [0.5, 0.6) is 0 Å². The third-order valence-electron chi connectivity index (χ3n) is 5.39. The van der Waals surface area contributed by atoms with E-state index in [1.807, 2.05) is 12.1 Å². The lowest BCUT2D eigenvalue weighted by molar-refractivity contribution is -0.136. The summed E-state index contributed by atoms with van der Waals surface area (Å²) >= 11 is 0. The standard InChI is InChI=1S/C20H28N2O2/c23-19(21-17-9-5-2-6-10-17)20(24)22-18-13-11-16(12-14-18)15-7-3-1-4-8-15/h11-15,17H,1-10H2,(H,21,23)(H,22,24). The first kappa shape index (κ1) is 17.0. The molecule has 3 rings (SSSR count). The van der Waals surface area contributed by atoms with Crippen molar-refractivity contribution in [3.05, 3.63) is 29.8 Å². The Morgan fingerprint density at radius 3 is 1.96 bits per heavy atom. The van der Waals surface area contributed by atoms with Crippen molar-refractivity contribution >= 4 is 17.5 Å². The van der Waals surface area contributed by atoms with E-state index in [2.05, 4.69) is 22.8 Å². The van der Waals surface area contributed by atoms with Crippen LogP contribution in [0.3, 0.4) is 0 Å². The maximum absolute atomic E-state index is 12.0. The second-order valence-corrected chi connectivity index (χ2v) is 7.22. The molecule has 1 aromatic carbocycles. The molecule has 2 aliphatic carbocycles. The maximum atomic E-state index is 12.0. The zero-order valence-electron chi connectivity index (χ0n) is 14.4. The highest BCUT2D eigenvalue weighted by atomic mass is 16.2. The van der Waals surface area contributed by atoms with Gasteiger partial charge in [0, 0.05) is 11.7 Å². The van der Waals surface area contributed by atoms with E-state index in [1.54, 1.807) is 0 Å². The van der Waals surface area contributed by atoms with Gasteiger partial charge in [-0.05, 0) is 49.3 Å². The van der Waals surface area contributed by atoms with Crippen molar-refractivity contribution in [2.24, 2.45) is 0 Å². The van der Waals surface area contributed by atoms with Crippen molar-refractivity contribution in [1.29, 1.82) is 0 Å². The summed E-state index contributed by atoms with van der Waals surface area (Å²) in [6, 6.07) is 8.16. The molecule has 2 N–H and O–H groups in total. The summed E-state index contributed by atoms with van der Waals surface area (Å²) in [7, 11) is 0. The molecule has 1 aromatic rings. The number of anilines is 1. The van der Waals surface area contributed by atoms with Gasteiger partial charge >= 0.3 is 11.8 Å². The Morgan fingerprint density at radius 2 is 1.33 bits per heavy atom. The van der Waals surface area contributed by atoms with Crippen molar-refractivity contribution in [2.75, 3.05) is 5.32 Å². The predicted molar refractivity (Wildman–Crippen MR) is 95.9 cm³/mol. The Hall–Kier alpha value is -1.84. The molecule has 0 spiro atoms. The first-order valence-electron chi connectivity index (χ1n) is 9.44. The third-order valence-corrected chi connectivity index (χ3v) is 5.39. The minimum Gasteiger partial charge on any atom is -0.345 e. The van der Waals surface area contributed by atoms with Gasteiger partial charge in [-0.1, -0.05) is 50.7 Å². The maximum Gasteiger partial charge on any atom is 0.313 e. The van der Waals surface area contributed by atoms with Crippen LogP contribution in [0.1, 0.15) is 75.7 Å². The average molecular weight is 328 g/mol. The molecule has 0 aliphatic heterocycles. The molecule has 0 unspecified atom stereocenters. The summed E-state index contributed by atoms with van der Waals surface area (Å²) in [5, 5.41) is 5.56. The monoisotopic (exact) mass is 328 g/mol. The largest absolute Gasteiger partial charge is 0.345 e. The fourth-order valence-electron chi connectivity index (χ4n) is 3.96. The number of hydrogen-bond donors (Lipinski definition) is 2. The molecule has 0 bridgehead atoms. The number of nitrogens with one attached hydrogen (secondary N) is 2. The van der Waals surface area contributed by atoms with Crippen LogP contribution in [-0.2, 0) is 9.59 Å². The van der Waals surface area contributed by atoms with Gasteiger partial charge in [0.2, 0.25) is 0 Å². The van der Waals surface area contributed by atoms with Gasteiger partial charge in [0.05, 0.1) is 0 Å². The van der Waals surface area contributed by atoms with Crippen LogP contribution in [0.2, 0.25) is 0 Å². The zero-order chi connectivity index (χ0) is 16.8. The minimum atomic E-state index is -0.564. The normalized spacial score (nSPS) is 19.7. The van der Waals surface area contributed by atoms with Gasteiger partial charge in [-0.25, -0.2) is 0 Å². The van der Waals surface area contributed by atoms with E-state index in [4.69, 9.17) is 0 Å². The molecule has 0 saturated heterocycles. The van der Waals surface area contributed by atoms with Crippen molar-refractivity contribution < 1.29 is 9.59 Å². The lowest BCUT2D eigenvalue weighted by Gasteiger charge is -2.22. The molecule has 4 nitrogen and oxygen atoms in total. The van der Waals surface area contributed by atoms with Gasteiger partial charge < -0.3 is 10.6 Å². The number of hydrogen-bond acceptors (Lipinski definition) is 2. The second kappa shape index (κ2) is 8.32. The first-order chi connectivity index (χ1) is 11.7. The summed E-state index contributed by atoms with van der Waals surface area (Å²) in [6.45, 7) is 0. The quantitative estimate of drug-likeness (QED) is 0.820. The molecule has 0 heterocycles. The van der Waals surface area contributed by atoms with Gasteiger partial charge in [0.1, 0.15) is 0 Å². The number of rotatable bonds is 3. The van der Waals surface area contributed by atoms with E-state index < -0.39 is 11.8 Å². The lowest BCUT2D eigenvalue weighted by Crippen LogP contribution is -2.42. The molecule has 0 aromatic heterocycles. The SMILES string of the molecule is O=C(Nc1ccc(C2CCCCC2)cc1)C(=O)NC1CCCCC1. The molecule has 130 valence electrons. The molecule has 4 heteroatoms. The summed E-state index contributed by atoms with van der Waals surface area (Å²) < 4.78 is 0. The third kappa shape index (κ3) is 4.59. The van der Waals surface area contributed by atoms with E-state index in [0.717, 1.165) is 25.7 Å². The van der Waals surface area contributed by atoms with E-state index in [-0.39, 0.29) is 6.04 Å². The van der Waals surface area contributed by atoms with E-state index in [9.17, 15) is 9.59 Å². The predicted octanol–water partition coefficient (Wildman–Crippen LogP) is 4.12. The van der Waals surface area contributed by atoms with Crippen molar-refractivity contribution in [3.63, 3.8) is 0 Å². The van der Waals surface area contributed by atoms with Gasteiger partial charge in [-0.3, -0.25) is 9.59 Å². The Labute approximate surface area is 144 Å². The van der Waals surface area contributed by atoms with Crippen LogP contribution in [0, 0.1) is 0 Å². The molecule has 24 heavy (non-hydrogen) atoms. The number of carbonyl (C=O) groups is 2. The summed E-state index contributed by atoms with van der Waals surface area (Å²) in [5.41, 5.74) is 2.04. The van der Waals surface area contributed by atoms with Gasteiger partial charge in [-0.2, -0.15) is 0 Å². The topological polar surface area (TPSA) is 58.2 Å². The van der Waals surface area contributed by atoms with Crippen LogP contribution in [0.4, 0.5) is 5.69 Å². The Kier molecular flexibility index (Phi) is 5.89. The summed E-state index contributed by atoms with van der Waals surface area (Å²) in [5.74, 6) is -0.428. The molecule has 0 atom stereocenters. The highest BCUT2D eigenvalue weighted by molar-refractivity contribution is 6.39. The highest BCUT2D eigenvalue weighted by Gasteiger charge is 2.20. The van der Waals surface area contributed by atoms with Crippen LogP contribution in [0.25, 0.3) is 0 Å². The second-order valence-electron chi connectivity index (χ2n) is 7.22.